The van der Waals surface area contributed by atoms with Crippen LogP contribution in [-0.2, 0) is 34.1 Å². The lowest BCUT2D eigenvalue weighted by Gasteiger charge is -2.39. The zero-order chi connectivity index (χ0) is 27.3. The Kier molecular flexibility index (Phi) is 6.49. The van der Waals surface area contributed by atoms with Crippen molar-refractivity contribution in [3.05, 3.63) is 71.8 Å². The van der Waals surface area contributed by atoms with Crippen molar-refractivity contribution in [2.45, 2.75) is 67.9 Å². The zero-order valence-electron chi connectivity index (χ0n) is 21.8. The predicted octanol–water partition coefficient (Wildman–Crippen LogP) is 2.28. The molecule has 0 aromatic heterocycles. The number of nitrogens with zero attached hydrogens (tertiary/aromatic N) is 2. The van der Waals surface area contributed by atoms with Gasteiger partial charge in [-0.1, -0.05) is 67.6 Å². The van der Waals surface area contributed by atoms with Crippen LogP contribution in [0.25, 0.3) is 0 Å². The molecular weight excluding hydrogens is 502 g/mol. The number of nitrogens with one attached hydrogen (secondary N) is 1. The summed E-state index contributed by atoms with van der Waals surface area (Å²) in [5.41, 5.74) is -0.543. The molecule has 2 aromatic carbocycles. The van der Waals surface area contributed by atoms with Crippen LogP contribution in [0.15, 0.2) is 60.7 Å². The van der Waals surface area contributed by atoms with E-state index in [0.717, 1.165) is 0 Å². The number of epoxide rings is 1. The van der Waals surface area contributed by atoms with Gasteiger partial charge >= 0.3 is 12.0 Å². The van der Waals surface area contributed by atoms with E-state index in [1.54, 1.807) is 61.5 Å². The number of likely N-dealkylation sites (N-methyl/N-ethyl adjacent to an activating group) is 1. The van der Waals surface area contributed by atoms with E-state index in [4.69, 9.17) is 14.3 Å². The highest BCUT2D eigenvalue weighted by Crippen LogP contribution is 2.48. The first kappa shape index (κ1) is 25.7. The molecule has 1 N–H and O–H groups in total. The van der Waals surface area contributed by atoms with Crippen LogP contribution in [0.4, 0.5) is 4.79 Å². The van der Waals surface area contributed by atoms with Crippen LogP contribution in [0.3, 0.4) is 0 Å². The topological polar surface area (TPSA) is 118 Å². The molecule has 1 unspecified atom stereocenters. The van der Waals surface area contributed by atoms with Crippen molar-refractivity contribution in [2.24, 2.45) is 0 Å². The quantitative estimate of drug-likeness (QED) is 0.312. The average Bonchev–Trinajstić information content (AvgIpc) is 3.70. The number of morpholine rings is 1. The first-order valence-corrected chi connectivity index (χ1v) is 13.4. The Hall–Kier alpha value is -3.60. The monoisotopic (exact) mass is 533 g/mol. The summed E-state index contributed by atoms with van der Waals surface area (Å²) >= 11 is 0. The molecule has 39 heavy (non-hydrogen) atoms. The summed E-state index contributed by atoms with van der Waals surface area (Å²) in [5, 5.41) is 2.83. The van der Waals surface area contributed by atoms with E-state index < -0.39 is 35.1 Å². The number of piperidine rings is 1. The Morgan fingerprint density at radius 3 is 2.26 bits per heavy atom. The van der Waals surface area contributed by atoms with Crippen LogP contribution >= 0.6 is 0 Å². The third-order valence-electron chi connectivity index (χ3n) is 8.65. The first-order chi connectivity index (χ1) is 18.8. The molecule has 4 heterocycles. The number of hydroxylamine groups is 2. The number of esters is 1. The maximum Gasteiger partial charge on any atom is 0.355 e. The molecule has 6 rings (SSSR count). The normalized spacial score (nSPS) is 32.4. The number of fused-ring (bicyclic) bond motifs is 5. The molecule has 4 fully saturated rings. The van der Waals surface area contributed by atoms with Crippen molar-refractivity contribution in [3.8, 4) is 0 Å². The van der Waals surface area contributed by atoms with Crippen molar-refractivity contribution in [2.75, 3.05) is 13.7 Å². The molecule has 10 heteroatoms. The van der Waals surface area contributed by atoms with E-state index in [2.05, 4.69) is 17.3 Å². The van der Waals surface area contributed by atoms with Crippen LogP contribution in [0.2, 0.25) is 0 Å². The standard InChI is InChI=1S/C29H31N3O7/c1-3-29(18-12-8-5-9-13-18)26(34)30-28(36)32(27(29)35)37-16-20(17-10-6-4-7-11-17)25(33)38-19-14-21-23-24(39-23)22(15-19)31(21)2/h4-13,19-24H,3,14-16H2,1-2H3,(H,30,34,36)/t19?,20-,21-,22+,23-,24+,29-/m1/s1. The second-order valence-corrected chi connectivity index (χ2v) is 10.6. The number of hydrogen-bond donors (Lipinski definition) is 1. The Morgan fingerprint density at radius 2 is 1.64 bits per heavy atom. The summed E-state index contributed by atoms with van der Waals surface area (Å²) in [4.78, 5) is 61.0. The minimum Gasteiger partial charge on any atom is -0.462 e. The maximum atomic E-state index is 13.7. The molecule has 4 aliphatic rings. The van der Waals surface area contributed by atoms with E-state index >= 15 is 0 Å². The highest BCUT2D eigenvalue weighted by atomic mass is 16.7. The first-order valence-electron chi connectivity index (χ1n) is 13.4. The van der Waals surface area contributed by atoms with Gasteiger partial charge < -0.3 is 9.47 Å². The summed E-state index contributed by atoms with van der Waals surface area (Å²) in [6.07, 6.45) is 1.66. The van der Waals surface area contributed by atoms with Gasteiger partial charge in [-0.2, -0.15) is 0 Å². The molecule has 4 amide bonds. The number of benzene rings is 2. The summed E-state index contributed by atoms with van der Waals surface area (Å²) in [5.74, 6) is -2.88. The van der Waals surface area contributed by atoms with Gasteiger partial charge in [0.05, 0.1) is 6.61 Å². The smallest absolute Gasteiger partial charge is 0.355 e. The largest absolute Gasteiger partial charge is 0.462 e. The van der Waals surface area contributed by atoms with Gasteiger partial charge in [0.2, 0.25) is 5.91 Å². The molecule has 204 valence electrons. The van der Waals surface area contributed by atoms with Crippen molar-refractivity contribution in [3.63, 3.8) is 0 Å². The van der Waals surface area contributed by atoms with E-state index in [1.165, 1.54) is 0 Å². The third kappa shape index (κ3) is 4.23. The van der Waals surface area contributed by atoms with Crippen molar-refractivity contribution < 1.29 is 33.5 Å². The second kappa shape index (κ2) is 9.86. The highest BCUT2D eigenvalue weighted by molar-refractivity contribution is 6.22. The molecule has 10 nitrogen and oxygen atoms in total. The fourth-order valence-electron chi connectivity index (χ4n) is 6.41. The molecule has 2 bridgehead atoms. The molecule has 0 radical (unpaired) electrons. The molecule has 2 aromatic rings. The van der Waals surface area contributed by atoms with Gasteiger partial charge in [0.1, 0.15) is 24.2 Å². The maximum absolute atomic E-state index is 13.7. The minimum atomic E-state index is -1.63. The van der Waals surface area contributed by atoms with Gasteiger partial charge in [0, 0.05) is 24.9 Å². The Morgan fingerprint density at radius 1 is 1.03 bits per heavy atom. The number of amides is 4. The van der Waals surface area contributed by atoms with Crippen LogP contribution in [-0.4, -0.2) is 77.8 Å². The molecule has 7 atom stereocenters. The Balaban J connectivity index is 1.20. The van der Waals surface area contributed by atoms with Crippen LogP contribution in [0, 0.1) is 0 Å². The molecule has 0 saturated carbocycles. The zero-order valence-corrected chi connectivity index (χ0v) is 21.8. The van der Waals surface area contributed by atoms with Gasteiger partial charge in [-0.05, 0) is 24.6 Å². The summed E-state index contributed by atoms with van der Waals surface area (Å²) in [6.45, 7) is 1.38. The van der Waals surface area contributed by atoms with Crippen LogP contribution in [0.5, 0.6) is 0 Å². The lowest BCUT2D eigenvalue weighted by molar-refractivity contribution is -0.187. The van der Waals surface area contributed by atoms with Gasteiger partial charge in [-0.25, -0.2) is 4.79 Å². The van der Waals surface area contributed by atoms with Crippen molar-refractivity contribution >= 4 is 23.8 Å². The van der Waals surface area contributed by atoms with Crippen molar-refractivity contribution in [1.29, 1.82) is 0 Å². The summed E-state index contributed by atoms with van der Waals surface area (Å²) in [7, 11) is 2.08. The number of hydrogen-bond acceptors (Lipinski definition) is 8. The number of barbiturate groups is 1. The van der Waals surface area contributed by atoms with Crippen LogP contribution < -0.4 is 5.32 Å². The van der Waals surface area contributed by atoms with E-state index in [0.29, 0.717) is 29.0 Å². The Bertz CT molecular complexity index is 1270. The number of carbonyl (C=O) groups is 4. The number of carbonyl (C=O) groups excluding carboxylic acids is 4. The van der Waals surface area contributed by atoms with Gasteiger partial charge in [-0.15, -0.1) is 5.06 Å². The molecular formula is C29H31N3O7. The number of ether oxygens (including phenoxy) is 2. The van der Waals surface area contributed by atoms with E-state index in [1.807, 2.05) is 6.07 Å². The SMILES string of the molecule is CC[C@@]1(c2ccccc2)C(=O)NC(=O)N(OC[C@@H](C(=O)OC2C[C@@H]3[C@H]4O[C@H]4[C@H](C2)N3C)c2ccccc2)C1=O. The summed E-state index contributed by atoms with van der Waals surface area (Å²) in [6, 6.07) is 17.0. The van der Waals surface area contributed by atoms with Crippen LogP contribution in [0.1, 0.15) is 43.2 Å². The van der Waals surface area contributed by atoms with E-state index in [-0.39, 0.29) is 43.4 Å². The number of imide groups is 2. The van der Waals surface area contributed by atoms with Crippen molar-refractivity contribution in [1.82, 2.24) is 15.3 Å². The Labute approximate surface area is 226 Å². The molecule has 4 saturated heterocycles. The van der Waals surface area contributed by atoms with Gasteiger partial charge in [0.15, 0.2) is 5.41 Å². The fourth-order valence-corrected chi connectivity index (χ4v) is 6.41. The summed E-state index contributed by atoms with van der Waals surface area (Å²) < 4.78 is 11.7. The number of rotatable bonds is 8. The second-order valence-electron chi connectivity index (χ2n) is 10.6. The number of urea groups is 1. The molecule has 0 aliphatic carbocycles. The van der Waals surface area contributed by atoms with E-state index in [9.17, 15) is 19.2 Å². The fraction of sp³-hybridized carbons (Fsp3) is 0.448. The van der Waals surface area contributed by atoms with Gasteiger partial charge in [-0.3, -0.25) is 29.4 Å². The third-order valence-corrected chi connectivity index (χ3v) is 8.65. The molecule has 4 aliphatic heterocycles. The van der Waals surface area contributed by atoms with Gasteiger partial charge in [0.25, 0.3) is 5.91 Å². The minimum absolute atomic E-state index is 0.114. The lowest BCUT2D eigenvalue weighted by Crippen LogP contribution is -2.65. The average molecular weight is 534 g/mol. The molecule has 0 spiro atoms. The lowest BCUT2D eigenvalue weighted by atomic mass is 9.75. The predicted molar refractivity (Wildman–Crippen MR) is 137 cm³/mol. The highest BCUT2D eigenvalue weighted by Gasteiger charge is 2.63.